The van der Waals surface area contributed by atoms with Crippen LogP contribution in [-0.2, 0) is 6.54 Å². The maximum absolute atomic E-state index is 6.32. The zero-order valence-corrected chi connectivity index (χ0v) is 13.1. The lowest BCUT2D eigenvalue weighted by Crippen LogP contribution is -2.34. The van der Waals surface area contributed by atoms with Crippen LogP contribution in [-0.4, -0.2) is 33.6 Å². The van der Waals surface area contributed by atoms with E-state index in [-0.39, 0.29) is 5.38 Å². The zero-order chi connectivity index (χ0) is 14.3. The van der Waals surface area contributed by atoms with Crippen LogP contribution in [0, 0.1) is 0 Å². The molecule has 4 heteroatoms. The van der Waals surface area contributed by atoms with Crippen LogP contribution in [0.4, 0.5) is 0 Å². The third-order valence-electron chi connectivity index (χ3n) is 4.30. The lowest BCUT2D eigenvalue weighted by Gasteiger charge is -2.26. The molecular weight excluding hydrogens is 270 g/mol. The Kier molecular flexibility index (Phi) is 3.74. The number of likely N-dealkylation sites (N-methyl/N-ethyl adjacent to an activating group) is 1. The summed E-state index contributed by atoms with van der Waals surface area (Å²) in [5.41, 5.74) is 2.22. The Hall–Kier alpha value is -1.06. The van der Waals surface area contributed by atoms with Gasteiger partial charge in [0, 0.05) is 18.6 Å². The summed E-state index contributed by atoms with van der Waals surface area (Å²) >= 11 is 6.32. The van der Waals surface area contributed by atoms with Gasteiger partial charge in [-0.1, -0.05) is 12.1 Å². The van der Waals surface area contributed by atoms with Crippen LogP contribution in [0.25, 0.3) is 11.0 Å². The molecule has 1 aromatic heterocycles. The lowest BCUT2D eigenvalue weighted by molar-refractivity contribution is 0.226. The number of aromatic nitrogens is 2. The van der Waals surface area contributed by atoms with Crippen molar-refractivity contribution in [3.63, 3.8) is 0 Å². The number of benzene rings is 1. The number of hydrogen-bond donors (Lipinski definition) is 0. The SMILES string of the molecule is CC(Cl)c1nc2ccccc2n1CC(C)N(C)C1CC1. The average Bonchev–Trinajstić information content (AvgIpc) is 3.21. The van der Waals surface area contributed by atoms with Gasteiger partial charge in [0.05, 0.1) is 16.4 Å². The minimum atomic E-state index is -0.0687. The first-order chi connectivity index (χ1) is 9.58. The summed E-state index contributed by atoms with van der Waals surface area (Å²) in [4.78, 5) is 7.18. The molecule has 0 amide bonds. The van der Waals surface area contributed by atoms with E-state index >= 15 is 0 Å². The maximum atomic E-state index is 6.32. The van der Waals surface area contributed by atoms with Gasteiger partial charge in [0.25, 0.3) is 0 Å². The largest absolute Gasteiger partial charge is 0.325 e. The van der Waals surface area contributed by atoms with Gasteiger partial charge in [-0.15, -0.1) is 11.6 Å². The fraction of sp³-hybridized carbons (Fsp3) is 0.562. The number of rotatable bonds is 5. The first kappa shape index (κ1) is 13.9. The molecule has 0 aliphatic heterocycles. The van der Waals surface area contributed by atoms with E-state index in [0.717, 1.165) is 23.9 Å². The van der Waals surface area contributed by atoms with E-state index in [4.69, 9.17) is 16.6 Å². The lowest BCUT2D eigenvalue weighted by atomic mass is 10.2. The summed E-state index contributed by atoms with van der Waals surface area (Å²) < 4.78 is 2.29. The molecule has 0 radical (unpaired) electrons. The average molecular weight is 292 g/mol. The molecule has 0 saturated heterocycles. The molecule has 108 valence electrons. The molecular formula is C16H22ClN3. The molecule has 3 rings (SSSR count). The molecule has 2 unspecified atom stereocenters. The Morgan fingerprint density at radius 2 is 2.05 bits per heavy atom. The molecule has 1 heterocycles. The van der Waals surface area contributed by atoms with Crippen molar-refractivity contribution in [1.82, 2.24) is 14.5 Å². The van der Waals surface area contributed by atoms with Gasteiger partial charge < -0.3 is 4.57 Å². The first-order valence-corrected chi connectivity index (χ1v) is 7.82. The number of imidazole rings is 1. The van der Waals surface area contributed by atoms with E-state index in [1.807, 2.05) is 13.0 Å². The normalized spacial score (nSPS) is 18.6. The highest BCUT2D eigenvalue weighted by Gasteiger charge is 2.29. The van der Waals surface area contributed by atoms with Crippen molar-refractivity contribution < 1.29 is 0 Å². The fourth-order valence-electron chi connectivity index (χ4n) is 2.82. The third kappa shape index (κ3) is 2.57. The maximum Gasteiger partial charge on any atom is 0.127 e. The summed E-state index contributed by atoms with van der Waals surface area (Å²) in [6.45, 7) is 5.23. The molecule has 2 aromatic rings. The number of nitrogens with zero attached hydrogens (tertiary/aromatic N) is 3. The van der Waals surface area contributed by atoms with Crippen LogP contribution >= 0.6 is 11.6 Å². The van der Waals surface area contributed by atoms with Crippen LogP contribution in [0.1, 0.15) is 37.9 Å². The molecule has 1 aromatic carbocycles. The minimum Gasteiger partial charge on any atom is -0.325 e. The molecule has 1 fully saturated rings. The summed E-state index contributed by atoms with van der Waals surface area (Å²) in [5.74, 6) is 0.976. The predicted molar refractivity (Wildman–Crippen MR) is 84.2 cm³/mol. The van der Waals surface area contributed by atoms with Gasteiger partial charge in [0.15, 0.2) is 0 Å². The number of alkyl halides is 1. The highest BCUT2D eigenvalue weighted by atomic mass is 35.5. The number of hydrogen-bond acceptors (Lipinski definition) is 2. The van der Waals surface area contributed by atoms with Crippen LogP contribution in [0.2, 0.25) is 0 Å². The van der Waals surface area contributed by atoms with Crippen molar-refractivity contribution >= 4 is 22.6 Å². The third-order valence-corrected chi connectivity index (χ3v) is 4.50. The Labute approximate surface area is 125 Å². The predicted octanol–water partition coefficient (Wildman–Crippen LogP) is 3.82. The van der Waals surface area contributed by atoms with Crippen molar-refractivity contribution in [2.24, 2.45) is 0 Å². The zero-order valence-electron chi connectivity index (χ0n) is 12.4. The van der Waals surface area contributed by atoms with Crippen LogP contribution in [0.5, 0.6) is 0 Å². The van der Waals surface area contributed by atoms with E-state index in [0.29, 0.717) is 6.04 Å². The molecule has 20 heavy (non-hydrogen) atoms. The van der Waals surface area contributed by atoms with Crippen LogP contribution in [0.3, 0.4) is 0 Å². The molecule has 2 atom stereocenters. The monoisotopic (exact) mass is 291 g/mol. The number of para-hydroxylation sites is 2. The van der Waals surface area contributed by atoms with Crippen LogP contribution in [0.15, 0.2) is 24.3 Å². The standard InChI is InChI=1S/C16H22ClN3/c1-11(19(3)13-8-9-13)10-20-15-7-5-4-6-14(15)18-16(20)12(2)17/h4-7,11-13H,8-10H2,1-3H3. The van der Waals surface area contributed by atoms with Gasteiger partial charge in [-0.2, -0.15) is 0 Å². The highest BCUT2D eigenvalue weighted by Crippen LogP contribution is 2.29. The van der Waals surface area contributed by atoms with E-state index < -0.39 is 0 Å². The second kappa shape index (κ2) is 5.38. The fourth-order valence-corrected chi connectivity index (χ4v) is 2.99. The molecule has 1 saturated carbocycles. The van der Waals surface area contributed by atoms with E-state index in [1.165, 1.54) is 18.4 Å². The van der Waals surface area contributed by atoms with E-state index in [2.05, 4.69) is 41.6 Å². The summed E-state index contributed by atoms with van der Waals surface area (Å²) in [7, 11) is 2.23. The van der Waals surface area contributed by atoms with Crippen molar-refractivity contribution in [3.8, 4) is 0 Å². The van der Waals surface area contributed by atoms with Crippen molar-refractivity contribution in [3.05, 3.63) is 30.1 Å². The Morgan fingerprint density at radius 3 is 2.70 bits per heavy atom. The van der Waals surface area contributed by atoms with Crippen molar-refractivity contribution in [2.75, 3.05) is 7.05 Å². The minimum absolute atomic E-state index is 0.0687. The molecule has 0 N–H and O–H groups in total. The number of fused-ring (bicyclic) bond motifs is 1. The van der Waals surface area contributed by atoms with E-state index in [9.17, 15) is 0 Å². The molecule has 3 nitrogen and oxygen atoms in total. The summed E-state index contributed by atoms with van der Waals surface area (Å²) in [6.07, 6.45) is 2.68. The van der Waals surface area contributed by atoms with Gasteiger partial charge in [0.1, 0.15) is 5.82 Å². The van der Waals surface area contributed by atoms with Gasteiger partial charge in [-0.3, -0.25) is 4.90 Å². The van der Waals surface area contributed by atoms with Crippen molar-refractivity contribution in [1.29, 1.82) is 0 Å². The van der Waals surface area contributed by atoms with Crippen molar-refractivity contribution in [2.45, 2.75) is 50.7 Å². The molecule has 1 aliphatic rings. The van der Waals surface area contributed by atoms with Gasteiger partial charge in [-0.25, -0.2) is 4.98 Å². The number of halogens is 1. The first-order valence-electron chi connectivity index (χ1n) is 7.39. The van der Waals surface area contributed by atoms with Gasteiger partial charge >= 0.3 is 0 Å². The summed E-state index contributed by atoms with van der Waals surface area (Å²) in [5, 5.41) is -0.0687. The van der Waals surface area contributed by atoms with Crippen LogP contribution < -0.4 is 0 Å². The summed E-state index contributed by atoms with van der Waals surface area (Å²) in [6, 6.07) is 9.56. The quantitative estimate of drug-likeness (QED) is 0.781. The smallest absolute Gasteiger partial charge is 0.127 e. The Morgan fingerprint density at radius 1 is 1.35 bits per heavy atom. The van der Waals surface area contributed by atoms with Gasteiger partial charge in [0.2, 0.25) is 0 Å². The second-order valence-corrected chi connectivity index (χ2v) is 6.59. The molecule has 0 bridgehead atoms. The van der Waals surface area contributed by atoms with E-state index in [1.54, 1.807) is 0 Å². The Bertz CT molecular complexity index is 601. The Balaban J connectivity index is 1.93. The molecule has 0 spiro atoms. The topological polar surface area (TPSA) is 21.1 Å². The second-order valence-electron chi connectivity index (χ2n) is 5.93. The van der Waals surface area contributed by atoms with Gasteiger partial charge in [-0.05, 0) is 45.9 Å². The highest BCUT2D eigenvalue weighted by molar-refractivity contribution is 6.20. The molecule has 1 aliphatic carbocycles.